The molecule has 0 radical (unpaired) electrons. The summed E-state index contributed by atoms with van der Waals surface area (Å²) in [6.45, 7) is 0.810. The number of nitrogens with zero attached hydrogens (tertiary/aromatic N) is 1. The fourth-order valence-corrected chi connectivity index (χ4v) is 2.30. The van der Waals surface area contributed by atoms with Crippen LogP contribution in [0.5, 0.6) is 0 Å². The standard InChI is InChI=1S/C12H18N4O3/c17-10(18)4-12(2-1-3-12)8-14-11(19)13-5-9-6-15-16-7-9/h6-7H,1-5,8H2,(H,15,16)(H,17,18)(H2,13,14,19). The van der Waals surface area contributed by atoms with Gasteiger partial charge in [0.15, 0.2) is 0 Å². The number of carboxylic acids is 1. The van der Waals surface area contributed by atoms with Gasteiger partial charge in [-0.15, -0.1) is 0 Å². The predicted molar refractivity (Wildman–Crippen MR) is 67.4 cm³/mol. The van der Waals surface area contributed by atoms with Gasteiger partial charge in [-0.3, -0.25) is 9.89 Å². The SMILES string of the molecule is O=C(O)CC1(CNC(=O)NCc2cn[nH]c2)CCC1. The molecule has 1 fully saturated rings. The van der Waals surface area contributed by atoms with E-state index in [0.717, 1.165) is 24.8 Å². The minimum Gasteiger partial charge on any atom is -0.481 e. The Kier molecular flexibility index (Phi) is 4.03. The zero-order valence-electron chi connectivity index (χ0n) is 10.6. The van der Waals surface area contributed by atoms with Crippen LogP contribution in [-0.4, -0.2) is 33.8 Å². The van der Waals surface area contributed by atoms with E-state index in [1.807, 2.05) is 0 Å². The van der Waals surface area contributed by atoms with Gasteiger partial charge in [-0.2, -0.15) is 5.10 Å². The second-order valence-corrected chi connectivity index (χ2v) is 5.07. The first-order chi connectivity index (χ1) is 9.10. The minimum absolute atomic E-state index is 0.120. The second kappa shape index (κ2) is 5.73. The number of amides is 2. The maximum atomic E-state index is 11.6. The molecule has 1 heterocycles. The monoisotopic (exact) mass is 266 g/mol. The molecule has 2 amide bonds. The molecule has 0 spiro atoms. The topological polar surface area (TPSA) is 107 Å². The number of aromatic nitrogens is 2. The number of aliphatic carboxylic acids is 1. The van der Waals surface area contributed by atoms with Gasteiger partial charge in [-0.25, -0.2) is 4.79 Å². The van der Waals surface area contributed by atoms with E-state index in [1.54, 1.807) is 12.4 Å². The van der Waals surface area contributed by atoms with Crippen LogP contribution in [0.3, 0.4) is 0 Å². The van der Waals surface area contributed by atoms with Gasteiger partial charge >= 0.3 is 12.0 Å². The van der Waals surface area contributed by atoms with Gasteiger partial charge in [0.25, 0.3) is 0 Å². The Morgan fingerprint density at radius 1 is 1.42 bits per heavy atom. The lowest BCUT2D eigenvalue weighted by Crippen LogP contribution is -2.46. The van der Waals surface area contributed by atoms with Crippen LogP contribution in [0.15, 0.2) is 12.4 Å². The smallest absolute Gasteiger partial charge is 0.315 e. The van der Waals surface area contributed by atoms with E-state index >= 15 is 0 Å². The average Bonchev–Trinajstić information content (AvgIpc) is 2.82. The Hall–Kier alpha value is -2.05. The number of hydrogen-bond acceptors (Lipinski definition) is 3. The molecule has 0 saturated heterocycles. The third kappa shape index (κ3) is 3.70. The van der Waals surface area contributed by atoms with Crippen molar-refractivity contribution in [2.75, 3.05) is 6.54 Å². The minimum atomic E-state index is -0.805. The summed E-state index contributed by atoms with van der Waals surface area (Å²) in [4.78, 5) is 22.4. The van der Waals surface area contributed by atoms with E-state index in [1.165, 1.54) is 0 Å². The van der Waals surface area contributed by atoms with Gasteiger partial charge in [0, 0.05) is 24.8 Å². The van der Waals surface area contributed by atoms with Crippen molar-refractivity contribution >= 4 is 12.0 Å². The van der Waals surface area contributed by atoms with Gasteiger partial charge in [0.2, 0.25) is 0 Å². The van der Waals surface area contributed by atoms with Crippen LogP contribution in [0, 0.1) is 5.41 Å². The van der Waals surface area contributed by atoms with Crippen LogP contribution in [0.1, 0.15) is 31.2 Å². The lowest BCUT2D eigenvalue weighted by Gasteiger charge is -2.40. The number of urea groups is 1. The summed E-state index contributed by atoms with van der Waals surface area (Å²) >= 11 is 0. The molecular formula is C12H18N4O3. The van der Waals surface area contributed by atoms with Crippen molar-refractivity contribution in [2.24, 2.45) is 5.41 Å². The molecule has 4 N–H and O–H groups in total. The molecule has 1 saturated carbocycles. The summed E-state index contributed by atoms with van der Waals surface area (Å²) in [5.74, 6) is -0.805. The number of aromatic amines is 1. The molecule has 0 aromatic carbocycles. The van der Waals surface area contributed by atoms with E-state index < -0.39 is 5.97 Å². The summed E-state index contributed by atoms with van der Waals surface area (Å²) in [5.41, 5.74) is 0.637. The highest BCUT2D eigenvalue weighted by atomic mass is 16.4. The summed E-state index contributed by atoms with van der Waals surface area (Å²) in [5, 5.41) is 20.8. The van der Waals surface area contributed by atoms with E-state index in [4.69, 9.17) is 5.11 Å². The fraction of sp³-hybridized carbons (Fsp3) is 0.583. The van der Waals surface area contributed by atoms with E-state index in [-0.39, 0.29) is 17.9 Å². The number of nitrogens with one attached hydrogen (secondary N) is 3. The highest BCUT2D eigenvalue weighted by Gasteiger charge is 2.39. The van der Waals surface area contributed by atoms with Gasteiger partial charge in [0.05, 0.1) is 12.6 Å². The second-order valence-electron chi connectivity index (χ2n) is 5.07. The van der Waals surface area contributed by atoms with Crippen molar-refractivity contribution in [3.63, 3.8) is 0 Å². The highest BCUT2D eigenvalue weighted by Crippen LogP contribution is 2.43. The van der Waals surface area contributed by atoms with Crippen molar-refractivity contribution in [1.29, 1.82) is 0 Å². The summed E-state index contributed by atoms with van der Waals surface area (Å²) in [6.07, 6.45) is 6.22. The molecular weight excluding hydrogens is 248 g/mol. The molecule has 0 unspecified atom stereocenters. The lowest BCUT2D eigenvalue weighted by molar-refractivity contribution is -0.141. The van der Waals surface area contributed by atoms with Gasteiger partial charge < -0.3 is 15.7 Å². The van der Waals surface area contributed by atoms with Crippen molar-refractivity contribution in [3.8, 4) is 0 Å². The van der Waals surface area contributed by atoms with Crippen LogP contribution < -0.4 is 10.6 Å². The summed E-state index contributed by atoms with van der Waals surface area (Å²) in [6, 6.07) is -0.280. The predicted octanol–water partition coefficient (Wildman–Crippen LogP) is 0.854. The zero-order valence-corrected chi connectivity index (χ0v) is 10.6. The van der Waals surface area contributed by atoms with Crippen LogP contribution in [0.25, 0.3) is 0 Å². The molecule has 7 heteroatoms. The van der Waals surface area contributed by atoms with Crippen molar-refractivity contribution in [3.05, 3.63) is 18.0 Å². The molecule has 1 aliphatic carbocycles. The molecule has 2 rings (SSSR count). The Morgan fingerprint density at radius 3 is 2.74 bits per heavy atom. The highest BCUT2D eigenvalue weighted by molar-refractivity contribution is 5.74. The molecule has 7 nitrogen and oxygen atoms in total. The van der Waals surface area contributed by atoms with E-state index in [9.17, 15) is 9.59 Å². The van der Waals surface area contributed by atoms with Crippen LogP contribution >= 0.6 is 0 Å². The van der Waals surface area contributed by atoms with Gasteiger partial charge in [0.1, 0.15) is 0 Å². The quantitative estimate of drug-likeness (QED) is 0.612. The van der Waals surface area contributed by atoms with Crippen molar-refractivity contribution < 1.29 is 14.7 Å². The molecule has 1 aromatic heterocycles. The largest absolute Gasteiger partial charge is 0.481 e. The maximum Gasteiger partial charge on any atom is 0.315 e. The molecule has 1 aromatic rings. The first kappa shape index (κ1) is 13.4. The third-order valence-electron chi connectivity index (χ3n) is 3.57. The molecule has 0 atom stereocenters. The Labute approximate surface area is 110 Å². The van der Waals surface area contributed by atoms with E-state index in [2.05, 4.69) is 20.8 Å². The van der Waals surface area contributed by atoms with Gasteiger partial charge in [-0.05, 0) is 18.3 Å². The zero-order chi connectivity index (χ0) is 13.7. The van der Waals surface area contributed by atoms with Crippen LogP contribution in [0.4, 0.5) is 4.79 Å². The summed E-state index contributed by atoms with van der Waals surface area (Å²) < 4.78 is 0. The Bertz CT molecular complexity index is 440. The van der Waals surface area contributed by atoms with Gasteiger partial charge in [-0.1, -0.05) is 6.42 Å². The normalized spacial score (nSPS) is 16.4. The molecule has 0 bridgehead atoms. The number of carbonyl (C=O) groups is 2. The van der Waals surface area contributed by atoms with Crippen LogP contribution in [0.2, 0.25) is 0 Å². The van der Waals surface area contributed by atoms with E-state index in [0.29, 0.717) is 13.1 Å². The number of carbonyl (C=O) groups excluding carboxylic acids is 1. The number of H-pyrrole nitrogens is 1. The fourth-order valence-electron chi connectivity index (χ4n) is 2.30. The number of carboxylic acid groups (broad SMARTS) is 1. The third-order valence-corrected chi connectivity index (χ3v) is 3.57. The lowest BCUT2D eigenvalue weighted by atomic mass is 9.66. The molecule has 1 aliphatic rings. The molecule has 0 aliphatic heterocycles. The van der Waals surface area contributed by atoms with Crippen molar-refractivity contribution in [1.82, 2.24) is 20.8 Å². The Morgan fingerprint density at radius 2 is 2.21 bits per heavy atom. The number of hydrogen-bond donors (Lipinski definition) is 4. The first-order valence-electron chi connectivity index (χ1n) is 6.31. The molecule has 104 valence electrons. The first-order valence-corrected chi connectivity index (χ1v) is 6.31. The average molecular weight is 266 g/mol. The van der Waals surface area contributed by atoms with Crippen LogP contribution in [-0.2, 0) is 11.3 Å². The van der Waals surface area contributed by atoms with Crippen molar-refractivity contribution in [2.45, 2.75) is 32.2 Å². The Balaban J connectivity index is 1.72. The summed E-state index contributed by atoms with van der Waals surface area (Å²) in [7, 11) is 0. The number of rotatable bonds is 6. The molecule has 19 heavy (non-hydrogen) atoms. The maximum absolute atomic E-state index is 11.6.